The molecule has 1 saturated carbocycles. The van der Waals surface area contributed by atoms with Crippen molar-refractivity contribution in [1.82, 2.24) is 4.90 Å². The zero-order valence-electron chi connectivity index (χ0n) is 11.4. The van der Waals surface area contributed by atoms with Crippen LogP contribution in [-0.4, -0.2) is 34.6 Å². The quantitative estimate of drug-likeness (QED) is 0.780. The molecule has 0 aromatic heterocycles. The summed E-state index contributed by atoms with van der Waals surface area (Å²) in [5, 5.41) is 9.23. The van der Waals surface area contributed by atoms with Crippen LogP contribution in [0.2, 0.25) is 0 Å². The maximum atomic E-state index is 11.2. The fraction of sp³-hybridized carbons (Fsp3) is 0.800. The second-order valence-corrected chi connectivity index (χ2v) is 5.89. The smallest absolute Gasteiger partial charge is 0.305 e. The standard InChI is InChI=1S/C15H25NO2/c1-16(13-8-4-2-5-9-13)15(12-14(17)18)10-6-3-7-11-15/h4,8,13H,2-3,5-7,9-12H2,1H3,(H,17,18). The third-order valence-electron chi connectivity index (χ3n) is 4.74. The van der Waals surface area contributed by atoms with Crippen LogP contribution < -0.4 is 0 Å². The molecule has 2 aliphatic carbocycles. The lowest BCUT2D eigenvalue weighted by atomic mass is 9.77. The van der Waals surface area contributed by atoms with Gasteiger partial charge in [0, 0.05) is 11.6 Å². The first kappa shape index (κ1) is 13.6. The molecule has 1 unspecified atom stereocenters. The molecule has 1 N–H and O–H groups in total. The van der Waals surface area contributed by atoms with Crippen LogP contribution >= 0.6 is 0 Å². The van der Waals surface area contributed by atoms with Gasteiger partial charge in [-0.1, -0.05) is 31.4 Å². The summed E-state index contributed by atoms with van der Waals surface area (Å²) in [7, 11) is 2.13. The van der Waals surface area contributed by atoms with Crippen molar-refractivity contribution in [3.8, 4) is 0 Å². The van der Waals surface area contributed by atoms with Gasteiger partial charge in [0.25, 0.3) is 0 Å². The summed E-state index contributed by atoms with van der Waals surface area (Å²) in [6, 6.07) is 0.441. The topological polar surface area (TPSA) is 40.5 Å². The number of allylic oxidation sites excluding steroid dienone is 1. The van der Waals surface area contributed by atoms with Crippen molar-refractivity contribution in [2.45, 2.75) is 69.4 Å². The summed E-state index contributed by atoms with van der Waals surface area (Å²) >= 11 is 0. The Balaban J connectivity index is 2.13. The van der Waals surface area contributed by atoms with Crippen LogP contribution in [0, 0.1) is 0 Å². The van der Waals surface area contributed by atoms with Crippen LogP contribution in [0.1, 0.15) is 57.8 Å². The molecular weight excluding hydrogens is 226 g/mol. The van der Waals surface area contributed by atoms with E-state index in [2.05, 4.69) is 24.1 Å². The molecule has 0 amide bonds. The molecule has 3 heteroatoms. The Bertz CT molecular complexity index is 318. The van der Waals surface area contributed by atoms with Gasteiger partial charge in [0.2, 0.25) is 0 Å². The van der Waals surface area contributed by atoms with Gasteiger partial charge in [0.05, 0.1) is 6.42 Å². The fourth-order valence-electron chi connectivity index (χ4n) is 3.61. The summed E-state index contributed by atoms with van der Waals surface area (Å²) in [6.45, 7) is 0. The Labute approximate surface area is 110 Å². The van der Waals surface area contributed by atoms with Gasteiger partial charge >= 0.3 is 5.97 Å². The molecule has 0 aromatic carbocycles. The van der Waals surface area contributed by atoms with Crippen molar-refractivity contribution in [1.29, 1.82) is 0 Å². The number of carboxylic acid groups (broad SMARTS) is 1. The number of hydrogen-bond acceptors (Lipinski definition) is 2. The van der Waals surface area contributed by atoms with Crippen molar-refractivity contribution in [2.75, 3.05) is 7.05 Å². The maximum absolute atomic E-state index is 11.2. The summed E-state index contributed by atoms with van der Waals surface area (Å²) in [4.78, 5) is 13.6. The lowest BCUT2D eigenvalue weighted by Gasteiger charge is -2.47. The zero-order valence-corrected chi connectivity index (χ0v) is 11.4. The number of rotatable bonds is 4. The predicted molar refractivity (Wildman–Crippen MR) is 72.6 cm³/mol. The van der Waals surface area contributed by atoms with Crippen molar-refractivity contribution in [2.24, 2.45) is 0 Å². The highest BCUT2D eigenvalue weighted by molar-refractivity contribution is 5.68. The Kier molecular flexibility index (Phi) is 4.44. The van der Waals surface area contributed by atoms with Crippen molar-refractivity contribution in [3.05, 3.63) is 12.2 Å². The first-order chi connectivity index (χ1) is 8.64. The van der Waals surface area contributed by atoms with E-state index in [0.717, 1.165) is 12.8 Å². The number of nitrogens with zero attached hydrogens (tertiary/aromatic N) is 1. The molecule has 2 rings (SSSR count). The van der Waals surface area contributed by atoms with Gasteiger partial charge < -0.3 is 5.11 Å². The maximum Gasteiger partial charge on any atom is 0.305 e. The molecule has 0 heterocycles. The Morgan fingerprint density at radius 2 is 2.06 bits per heavy atom. The lowest BCUT2D eigenvalue weighted by molar-refractivity contribution is -0.141. The minimum atomic E-state index is -0.650. The highest BCUT2D eigenvalue weighted by Gasteiger charge is 2.40. The molecular formula is C15H25NO2. The van der Waals surface area contributed by atoms with Crippen LogP contribution in [-0.2, 0) is 4.79 Å². The van der Waals surface area contributed by atoms with E-state index in [9.17, 15) is 9.90 Å². The Morgan fingerprint density at radius 1 is 1.33 bits per heavy atom. The van der Waals surface area contributed by atoms with Gasteiger partial charge in [-0.05, 0) is 39.2 Å². The molecule has 0 spiro atoms. The second kappa shape index (κ2) is 5.87. The molecule has 0 saturated heterocycles. The molecule has 3 nitrogen and oxygen atoms in total. The monoisotopic (exact) mass is 251 g/mol. The minimum Gasteiger partial charge on any atom is -0.481 e. The zero-order chi connectivity index (χ0) is 13.0. The van der Waals surface area contributed by atoms with Crippen molar-refractivity contribution >= 4 is 5.97 Å². The molecule has 1 fully saturated rings. The highest BCUT2D eigenvalue weighted by atomic mass is 16.4. The molecule has 18 heavy (non-hydrogen) atoms. The van der Waals surface area contributed by atoms with Crippen molar-refractivity contribution in [3.63, 3.8) is 0 Å². The average molecular weight is 251 g/mol. The lowest BCUT2D eigenvalue weighted by Crippen LogP contribution is -2.53. The number of carboxylic acids is 1. The number of aliphatic carboxylic acids is 1. The van der Waals surface area contributed by atoms with E-state index in [1.807, 2.05) is 0 Å². The third kappa shape index (κ3) is 2.94. The van der Waals surface area contributed by atoms with Crippen LogP contribution in [0.15, 0.2) is 12.2 Å². The van der Waals surface area contributed by atoms with Crippen LogP contribution in [0.5, 0.6) is 0 Å². The normalized spacial score (nSPS) is 27.3. The molecule has 1 atom stereocenters. The number of hydrogen-bond donors (Lipinski definition) is 1. The summed E-state index contributed by atoms with van der Waals surface area (Å²) < 4.78 is 0. The molecule has 0 aliphatic heterocycles. The van der Waals surface area contributed by atoms with E-state index in [-0.39, 0.29) is 5.54 Å². The summed E-state index contributed by atoms with van der Waals surface area (Å²) in [5.74, 6) is -0.650. The highest BCUT2D eigenvalue weighted by Crippen LogP contribution is 2.38. The molecule has 2 aliphatic rings. The second-order valence-electron chi connectivity index (χ2n) is 5.89. The molecule has 0 radical (unpaired) electrons. The largest absolute Gasteiger partial charge is 0.481 e. The Morgan fingerprint density at radius 3 is 2.61 bits per heavy atom. The number of carbonyl (C=O) groups is 1. The first-order valence-electron chi connectivity index (χ1n) is 7.25. The fourth-order valence-corrected chi connectivity index (χ4v) is 3.61. The summed E-state index contributed by atoms with van der Waals surface area (Å²) in [5.41, 5.74) is -0.101. The molecule has 102 valence electrons. The molecule has 0 aromatic rings. The van der Waals surface area contributed by atoms with E-state index < -0.39 is 5.97 Å². The predicted octanol–water partition coefficient (Wildman–Crippen LogP) is 3.20. The van der Waals surface area contributed by atoms with E-state index in [1.54, 1.807) is 0 Å². The first-order valence-corrected chi connectivity index (χ1v) is 7.25. The van der Waals surface area contributed by atoms with Crippen molar-refractivity contribution < 1.29 is 9.90 Å². The average Bonchev–Trinajstić information content (AvgIpc) is 2.39. The van der Waals surface area contributed by atoms with E-state index in [1.165, 1.54) is 38.5 Å². The van der Waals surface area contributed by atoms with Gasteiger partial charge in [-0.2, -0.15) is 0 Å². The van der Waals surface area contributed by atoms with Crippen LogP contribution in [0.25, 0.3) is 0 Å². The van der Waals surface area contributed by atoms with E-state index >= 15 is 0 Å². The molecule has 0 bridgehead atoms. The van der Waals surface area contributed by atoms with E-state index in [0.29, 0.717) is 12.5 Å². The van der Waals surface area contributed by atoms with Gasteiger partial charge in [-0.15, -0.1) is 0 Å². The summed E-state index contributed by atoms with van der Waals surface area (Å²) in [6.07, 6.45) is 14.1. The Hall–Kier alpha value is -0.830. The SMILES string of the molecule is CN(C1C=CCCC1)C1(CC(=O)O)CCCCC1. The van der Waals surface area contributed by atoms with Gasteiger partial charge in [0.15, 0.2) is 0 Å². The third-order valence-corrected chi connectivity index (χ3v) is 4.74. The van der Waals surface area contributed by atoms with Crippen LogP contribution in [0.3, 0.4) is 0 Å². The van der Waals surface area contributed by atoms with Gasteiger partial charge in [-0.3, -0.25) is 9.69 Å². The van der Waals surface area contributed by atoms with Gasteiger partial charge in [0.1, 0.15) is 0 Å². The van der Waals surface area contributed by atoms with Gasteiger partial charge in [-0.25, -0.2) is 0 Å². The minimum absolute atomic E-state index is 0.101. The number of likely N-dealkylation sites (N-methyl/N-ethyl adjacent to an activating group) is 1. The van der Waals surface area contributed by atoms with E-state index in [4.69, 9.17) is 0 Å². The van der Waals surface area contributed by atoms with Crippen LogP contribution in [0.4, 0.5) is 0 Å².